The van der Waals surface area contributed by atoms with Crippen molar-refractivity contribution < 1.29 is 33.7 Å². The Morgan fingerprint density at radius 1 is 1.19 bits per heavy atom. The molecule has 0 aliphatic carbocycles. The molecule has 10 heteroatoms. The molecule has 172 valence electrons. The Morgan fingerprint density at radius 2 is 1.91 bits per heavy atom. The van der Waals surface area contributed by atoms with E-state index in [9.17, 15) is 24.6 Å². The Bertz CT molecular complexity index is 1030. The van der Waals surface area contributed by atoms with Crippen LogP contribution in [0, 0.1) is 0 Å². The van der Waals surface area contributed by atoms with Crippen molar-refractivity contribution in [2.45, 2.75) is 18.9 Å². The first-order chi connectivity index (χ1) is 15.4. The average molecular weight is 446 g/mol. The summed E-state index contributed by atoms with van der Waals surface area (Å²) in [6, 6.07) is 5.72. The second-order valence-electron chi connectivity index (χ2n) is 7.47. The predicted molar refractivity (Wildman–Crippen MR) is 113 cm³/mol. The molecule has 1 aliphatic rings. The van der Waals surface area contributed by atoms with E-state index in [4.69, 9.17) is 13.9 Å². The zero-order chi connectivity index (χ0) is 23.3. The summed E-state index contributed by atoms with van der Waals surface area (Å²) in [4.78, 5) is 39.2. The first-order valence-corrected chi connectivity index (χ1v) is 10.1. The van der Waals surface area contributed by atoms with Gasteiger partial charge in [0.2, 0.25) is 17.6 Å². The molecule has 10 nitrogen and oxygen atoms in total. The molecule has 2 heterocycles. The molecule has 1 saturated heterocycles. The summed E-state index contributed by atoms with van der Waals surface area (Å²) in [6.45, 7) is 2.64. The summed E-state index contributed by atoms with van der Waals surface area (Å²) in [7, 11) is 2.64. The van der Waals surface area contributed by atoms with Crippen LogP contribution in [0.25, 0.3) is 0 Å². The largest absolute Gasteiger partial charge is 0.504 e. The maximum Gasteiger partial charge on any atom is 0.306 e. The molecule has 2 N–H and O–H groups in total. The predicted octanol–water partition coefficient (Wildman–Crippen LogP) is 1.03. The van der Waals surface area contributed by atoms with Crippen molar-refractivity contribution in [2.75, 3.05) is 40.4 Å². The molecule has 1 fully saturated rings. The van der Waals surface area contributed by atoms with Gasteiger partial charge in [0.25, 0.3) is 0 Å². The molecule has 1 atom stereocenters. The van der Waals surface area contributed by atoms with Gasteiger partial charge in [-0.05, 0) is 17.7 Å². The van der Waals surface area contributed by atoms with Gasteiger partial charge in [0.15, 0.2) is 17.3 Å². The summed E-state index contributed by atoms with van der Waals surface area (Å²) in [6.07, 6.45) is 0.581. The minimum Gasteiger partial charge on any atom is -0.504 e. The van der Waals surface area contributed by atoms with Crippen LogP contribution in [0.1, 0.15) is 29.4 Å². The Labute approximate surface area is 184 Å². The number of phenols is 1. The molecule has 1 aliphatic heterocycles. The molecule has 0 bridgehead atoms. The van der Waals surface area contributed by atoms with Crippen LogP contribution in [0.15, 0.2) is 33.5 Å². The highest BCUT2D eigenvalue weighted by Gasteiger charge is 2.28. The Morgan fingerprint density at radius 3 is 2.50 bits per heavy atom. The fourth-order valence-electron chi connectivity index (χ4n) is 3.65. The van der Waals surface area contributed by atoms with Crippen molar-refractivity contribution in [1.29, 1.82) is 0 Å². The van der Waals surface area contributed by atoms with Gasteiger partial charge in [-0.3, -0.25) is 19.3 Å². The molecule has 2 aromatic rings. The molecule has 0 spiro atoms. The number of amides is 1. The normalized spacial score (nSPS) is 15.2. The number of rotatable bonds is 8. The number of ether oxygens (including phenoxy) is 2. The molecule has 1 aromatic carbocycles. The van der Waals surface area contributed by atoms with Crippen LogP contribution in [-0.2, 0) is 20.9 Å². The minimum absolute atomic E-state index is 0.0889. The van der Waals surface area contributed by atoms with E-state index in [-0.39, 0.29) is 23.7 Å². The molecule has 32 heavy (non-hydrogen) atoms. The zero-order valence-electron chi connectivity index (χ0n) is 17.9. The maximum absolute atomic E-state index is 12.5. The Hall–Kier alpha value is -3.53. The molecular formula is C22H26N2O8. The summed E-state index contributed by atoms with van der Waals surface area (Å²) < 4.78 is 15.7. The fraction of sp³-hybridized carbons (Fsp3) is 0.409. The van der Waals surface area contributed by atoms with Gasteiger partial charge in [-0.2, -0.15) is 0 Å². The van der Waals surface area contributed by atoms with E-state index < -0.39 is 23.1 Å². The molecule has 3 rings (SSSR count). The van der Waals surface area contributed by atoms with E-state index >= 15 is 0 Å². The van der Waals surface area contributed by atoms with Gasteiger partial charge >= 0.3 is 5.97 Å². The van der Waals surface area contributed by atoms with Crippen LogP contribution in [0.3, 0.4) is 0 Å². The highest BCUT2D eigenvalue weighted by molar-refractivity contribution is 5.71. The summed E-state index contributed by atoms with van der Waals surface area (Å²) in [5, 5.41) is 20.7. The SMILES string of the molecule is COC(=O)C[C@@H](c1ccc(OC)c(O)c1)c1oc(CN2CCN(C=O)CC2)cc(=O)c1O. The first-order valence-electron chi connectivity index (χ1n) is 10.1. The third kappa shape index (κ3) is 5.20. The van der Waals surface area contributed by atoms with Crippen LogP contribution < -0.4 is 10.2 Å². The lowest BCUT2D eigenvalue weighted by atomic mass is 9.92. The Balaban J connectivity index is 1.96. The number of phenolic OH excluding ortho intramolecular Hbond substituents is 1. The van der Waals surface area contributed by atoms with Crippen molar-refractivity contribution >= 4 is 12.4 Å². The van der Waals surface area contributed by atoms with Crippen molar-refractivity contribution in [3.8, 4) is 17.2 Å². The van der Waals surface area contributed by atoms with Crippen molar-refractivity contribution in [2.24, 2.45) is 0 Å². The van der Waals surface area contributed by atoms with Crippen molar-refractivity contribution in [1.82, 2.24) is 9.80 Å². The van der Waals surface area contributed by atoms with Gasteiger partial charge in [-0.25, -0.2) is 0 Å². The number of carbonyl (C=O) groups excluding carboxylic acids is 2. The smallest absolute Gasteiger partial charge is 0.306 e. The number of aromatic hydroxyl groups is 2. The standard InChI is InChI=1S/C22H26N2O8/c1-30-19-4-3-14(9-17(19)26)16(11-20(28)31-2)22-21(29)18(27)10-15(32-22)12-23-5-7-24(13-25)8-6-23/h3-4,9-10,13,16,26,29H,5-8,11-12H2,1-2H3/t16-/m0/s1. The summed E-state index contributed by atoms with van der Waals surface area (Å²) >= 11 is 0. The highest BCUT2D eigenvalue weighted by atomic mass is 16.5. The van der Waals surface area contributed by atoms with Crippen LogP contribution >= 0.6 is 0 Å². The van der Waals surface area contributed by atoms with Crippen LogP contribution in [0.4, 0.5) is 0 Å². The average Bonchev–Trinajstić information content (AvgIpc) is 2.80. The second-order valence-corrected chi connectivity index (χ2v) is 7.47. The van der Waals surface area contributed by atoms with Crippen molar-refractivity contribution in [3.05, 3.63) is 51.6 Å². The number of benzene rings is 1. The van der Waals surface area contributed by atoms with E-state index in [0.717, 1.165) is 6.41 Å². The monoisotopic (exact) mass is 446 g/mol. The molecule has 0 saturated carbocycles. The lowest BCUT2D eigenvalue weighted by Gasteiger charge is -2.32. The van der Waals surface area contributed by atoms with E-state index in [0.29, 0.717) is 44.0 Å². The van der Waals surface area contributed by atoms with Gasteiger partial charge in [0.05, 0.1) is 33.1 Å². The van der Waals surface area contributed by atoms with Gasteiger partial charge in [0.1, 0.15) is 5.76 Å². The zero-order valence-corrected chi connectivity index (χ0v) is 17.9. The van der Waals surface area contributed by atoms with E-state index in [1.807, 2.05) is 4.90 Å². The lowest BCUT2D eigenvalue weighted by molar-refractivity contribution is -0.141. The number of carbonyl (C=O) groups is 2. The molecule has 0 radical (unpaired) electrons. The number of esters is 1. The summed E-state index contributed by atoms with van der Waals surface area (Å²) in [5.74, 6) is -1.76. The van der Waals surface area contributed by atoms with Crippen molar-refractivity contribution in [3.63, 3.8) is 0 Å². The maximum atomic E-state index is 12.5. The Kier molecular flexibility index (Phi) is 7.37. The van der Waals surface area contributed by atoms with Crippen LogP contribution in [0.5, 0.6) is 17.2 Å². The molecule has 1 aromatic heterocycles. The second kappa shape index (κ2) is 10.2. The van der Waals surface area contributed by atoms with Crippen LogP contribution in [-0.4, -0.2) is 72.8 Å². The van der Waals surface area contributed by atoms with E-state index in [1.165, 1.54) is 32.4 Å². The molecular weight excluding hydrogens is 420 g/mol. The summed E-state index contributed by atoms with van der Waals surface area (Å²) in [5.41, 5.74) is -0.204. The third-order valence-electron chi connectivity index (χ3n) is 5.46. The van der Waals surface area contributed by atoms with Gasteiger partial charge in [-0.15, -0.1) is 0 Å². The first kappa shape index (κ1) is 23.1. The van der Waals surface area contributed by atoms with Gasteiger partial charge in [0, 0.05) is 32.2 Å². The van der Waals surface area contributed by atoms with E-state index in [2.05, 4.69) is 0 Å². The quantitative estimate of drug-likeness (QED) is 0.451. The minimum atomic E-state index is -0.876. The fourth-order valence-corrected chi connectivity index (χ4v) is 3.65. The lowest BCUT2D eigenvalue weighted by Crippen LogP contribution is -2.45. The number of methoxy groups -OCH3 is 2. The highest BCUT2D eigenvalue weighted by Crippen LogP contribution is 2.37. The number of hydrogen-bond donors (Lipinski definition) is 2. The van der Waals surface area contributed by atoms with Crippen LogP contribution in [0.2, 0.25) is 0 Å². The number of hydrogen-bond acceptors (Lipinski definition) is 9. The number of piperazine rings is 1. The topological polar surface area (TPSA) is 130 Å². The van der Waals surface area contributed by atoms with Gasteiger partial charge in [-0.1, -0.05) is 6.07 Å². The molecule has 1 amide bonds. The van der Waals surface area contributed by atoms with E-state index in [1.54, 1.807) is 11.0 Å². The number of nitrogens with zero attached hydrogens (tertiary/aromatic N) is 2. The van der Waals surface area contributed by atoms with Gasteiger partial charge < -0.3 is 29.0 Å². The third-order valence-corrected chi connectivity index (χ3v) is 5.46. The molecule has 0 unspecified atom stereocenters.